The van der Waals surface area contributed by atoms with Gasteiger partial charge in [-0.3, -0.25) is 0 Å². The van der Waals surface area contributed by atoms with Crippen LogP contribution in [0, 0.1) is 0 Å². The van der Waals surface area contributed by atoms with E-state index in [1.54, 1.807) is 13.2 Å². The van der Waals surface area contributed by atoms with Gasteiger partial charge in [0.15, 0.2) is 0 Å². The number of ether oxygens (including phenoxy) is 2. The molecule has 0 radical (unpaired) electrons. The number of nitrogens with two attached hydrogens (primary N) is 1. The third kappa shape index (κ3) is 4.54. The van der Waals surface area contributed by atoms with Crippen LogP contribution in [0.5, 0.6) is 5.88 Å². The summed E-state index contributed by atoms with van der Waals surface area (Å²) in [4.78, 5) is 8.55. The highest BCUT2D eigenvalue weighted by atomic mass is 16.5. The molecule has 0 saturated carbocycles. The van der Waals surface area contributed by atoms with E-state index in [1.165, 1.54) is 0 Å². The Morgan fingerprint density at radius 1 is 1.35 bits per heavy atom. The van der Waals surface area contributed by atoms with Crippen LogP contribution in [0.25, 0.3) is 0 Å². The van der Waals surface area contributed by atoms with E-state index in [0.717, 1.165) is 6.42 Å². The zero-order valence-electron chi connectivity index (χ0n) is 10.6. The molecule has 0 amide bonds. The third-order valence-electron chi connectivity index (χ3n) is 2.13. The Morgan fingerprint density at radius 3 is 2.71 bits per heavy atom. The van der Waals surface area contributed by atoms with E-state index >= 15 is 0 Å². The molecular formula is C11H20N4O2. The van der Waals surface area contributed by atoms with Gasteiger partial charge in [-0.2, -0.15) is 4.98 Å². The molecule has 17 heavy (non-hydrogen) atoms. The van der Waals surface area contributed by atoms with Crippen molar-refractivity contribution in [1.82, 2.24) is 9.97 Å². The summed E-state index contributed by atoms with van der Waals surface area (Å²) in [5.41, 5.74) is 2.51. The Balaban J connectivity index is 2.66. The molecule has 0 aromatic carbocycles. The Kier molecular flexibility index (Phi) is 5.65. The maximum Gasteiger partial charge on any atom is 0.218 e. The molecule has 1 rings (SSSR count). The average Bonchev–Trinajstić information content (AvgIpc) is 2.34. The van der Waals surface area contributed by atoms with Gasteiger partial charge in [0.2, 0.25) is 5.88 Å². The van der Waals surface area contributed by atoms with Crippen LogP contribution in [-0.2, 0) is 4.74 Å². The summed E-state index contributed by atoms with van der Waals surface area (Å²) in [6, 6.07) is 1.68. The van der Waals surface area contributed by atoms with Gasteiger partial charge in [-0.25, -0.2) is 10.8 Å². The van der Waals surface area contributed by atoms with Gasteiger partial charge >= 0.3 is 0 Å². The van der Waals surface area contributed by atoms with Crippen LogP contribution in [-0.4, -0.2) is 30.3 Å². The standard InChI is InChI=1S/C11H20N4O2/c1-8(2)11-13-9(15-12)7-10(14-11)17-6-4-5-16-3/h7-8H,4-6,12H2,1-3H3,(H,13,14,15). The number of methoxy groups -OCH3 is 1. The Bertz CT molecular complexity index is 344. The second-order valence-electron chi connectivity index (χ2n) is 3.94. The summed E-state index contributed by atoms with van der Waals surface area (Å²) < 4.78 is 10.5. The van der Waals surface area contributed by atoms with Gasteiger partial charge in [-0.15, -0.1) is 0 Å². The molecule has 1 heterocycles. The molecule has 0 aliphatic carbocycles. The van der Waals surface area contributed by atoms with E-state index in [9.17, 15) is 0 Å². The van der Waals surface area contributed by atoms with Crippen molar-refractivity contribution in [2.75, 3.05) is 25.7 Å². The summed E-state index contributed by atoms with van der Waals surface area (Å²) in [6.45, 7) is 5.27. The predicted molar refractivity (Wildman–Crippen MR) is 65.9 cm³/mol. The van der Waals surface area contributed by atoms with Gasteiger partial charge in [0.05, 0.1) is 6.61 Å². The van der Waals surface area contributed by atoms with E-state index in [1.807, 2.05) is 13.8 Å². The number of rotatable bonds is 7. The first-order valence-corrected chi connectivity index (χ1v) is 5.64. The van der Waals surface area contributed by atoms with Gasteiger partial charge in [-0.05, 0) is 0 Å². The quantitative estimate of drug-likeness (QED) is 0.424. The maximum atomic E-state index is 5.51. The van der Waals surface area contributed by atoms with Crippen LogP contribution >= 0.6 is 0 Å². The number of nitrogens with zero attached hydrogens (tertiary/aromatic N) is 2. The lowest BCUT2D eigenvalue weighted by atomic mass is 10.2. The molecule has 1 aromatic rings. The van der Waals surface area contributed by atoms with Crippen molar-refractivity contribution >= 4 is 5.82 Å². The smallest absolute Gasteiger partial charge is 0.218 e. The van der Waals surface area contributed by atoms with Crippen molar-refractivity contribution in [2.45, 2.75) is 26.2 Å². The van der Waals surface area contributed by atoms with Crippen molar-refractivity contribution in [3.8, 4) is 5.88 Å². The van der Waals surface area contributed by atoms with E-state index in [0.29, 0.717) is 30.7 Å². The van der Waals surface area contributed by atoms with Crippen LogP contribution < -0.4 is 16.0 Å². The van der Waals surface area contributed by atoms with Crippen molar-refractivity contribution in [2.24, 2.45) is 5.84 Å². The predicted octanol–water partition coefficient (Wildman–Crippen LogP) is 1.30. The molecule has 0 bridgehead atoms. The first-order chi connectivity index (χ1) is 8.17. The number of hydrogen-bond donors (Lipinski definition) is 2. The highest BCUT2D eigenvalue weighted by molar-refractivity contribution is 5.37. The largest absolute Gasteiger partial charge is 0.477 e. The molecular weight excluding hydrogens is 220 g/mol. The Hall–Kier alpha value is -1.40. The molecule has 0 unspecified atom stereocenters. The number of hydrazine groups is 1. The molecule has 96 valence electrons. The normalized spacial score (nSPS) is 10.6. The molecule has 1 aromatic heterocycles. The van der Waals surface area contributed by atoms with Gasteiger partial charge < -0.3 is 14.9 Å². The first-order valence-electron chi connectivity index (χ1n) is 5.64. The highest BCUT2D eigenvalue weighted by Crippen LogP contribution is 2.17. The van der Waals surface area contributed by atoms with Crippen molar-refractivity contribution in [3.63, 3.8) is 0 Å². The number of nitrogen functional groups attached to an aromatic ring is 1. The van der Waals surface area contributed by atoms with E-state index in [-0.39, 0.29) is 5.92 Å². The Morgan fingerprint density at radius 2 is 2.12 bits per heavy atom. The molecule has 0 fully saturated rings. The first kappa shape index (κ1) is 13.7. The van der Waals surface area contributed by atoms with E-state index < -0.39 is 0 Å². The molecule has 3 N–H and O–H groups in total. The summed E-state index contributed by atoms with van der Waals surface area (Å²) in [6.07, 6.45) is 0.822. The molecule has 0 atom stereocenters. The third-order valence-corrected chi connectivity index (χ3v) is 2.13. The minimum absolute atomic E-state index is 0.227. The number of aromatic nitrogens is 2. The molecule has 0 saturated heterocycles. The molecule has 6 heteroatoms. The molecule has 0 aliphatic heterocycles. The van der Waals surface area contributed by atoms with Crippen molar-refractivity contribution in [1.29, 1.82) is 0 Å². The topological polar surface area (TPSA) is 82.3 Å². The van der Waals surface area contributed by atoms with Gasteiger partial charge in [0.1, 0.15) is 11.6 Å². The lowest BCUT2D eigenvalue weighted by Gasteiger charge is -2.10. The summed E-state index contributed by atoms with van der Waals surface area (Å²) in [7, 11) is 1.66. The minimum atomic E-state index is 0.227. The van der Waals surface area contributed by atoms with Crippen LogP contribution in [0.15, 0.2) is 6.07 Å². The van der Waals surface area contributed by atoms with Crippen LogP contribution in [0.3, 0.4) is 0 Å². The maximum absolute atomic E-state index is 5.51. The zero-order chi connectivity index (χ0) is 12.7. The lowest BCUT2D eigenvalue weighted by molar-refractivity contribution is 0.170. The van der Waals surface area contributed by atoms with Gasteiger partial charge in [0.25, 0.3) is 0 Å². The fourth-order valence-electron chi connectivity index (χ4n) is 1.23. The number of hydrogen-bond acceptors (Lipinski definition) is 6. The van der Waals surface area contributed by atoms with E-state index in [4.69, 9.17) is 15.3 Å². The van der Waals surface area contributed by atoms with Crippen molar-refractivity contribution in [3.05, 3.63) is 11.9 Å². The second-order valence-corrected chi connectivity index (χ2v) is 3.94. The van der Waals surface area contributed by atoms with Gasteiger partial charge in [-0.1, -0.05) is 13.8 Å². The van der Waals surface area contributed by atoms with Gasteiger partial charge in [0, 0.05) is 32.1 Å². The van der Waals surface area contributed by atoms with Crippen LogP contribution in [0.1, 0.15) is 32.0 Å². The summed E-state index contributed by atoms with van der Waals surface area (Å²) >= 11 is 0. The fourth-order valence-corrected chi connectivity index (χ4v) is 1.23. The molecule has 0 spiro atoms. The Labute approximate surface area is 102 Å². The van der Waals surface area contributed by atoms with Crippen LogP contribution in [0.2, 0.25) is 0 Å². The fraction of sp³-hybridized carbons (Fsp3) is 0.636. The minimum Gasteiger partial charge on any atom is -0.477 e. The van der Waals surface area contributed by atoms with Crippen LogP contribution in [0.4, 0.5) is 5.82 Å². The SMILES string of the molecule is COCCCOc1cc(NN)nc(C(C)C)n1. The summed E-state index contributed by atoms with van der Waals surface area (Å²) in [5, 5.41) is 0. The molecule has 0 aliphatic rings. The molecule has 6 nitrogen and oxygen atoms in total. The number of anilines is 1. The lowest BCUT2D eigenvalue weighted by Crippen LogP contribution is -2.12. The highest BCUT2D eigenvalue weighted by Gasteiger charge is 2.08. The van der Waals surface area contributed by atoms with Crippen molar-refractivity contribution < 1.29 is 9.47 Å². The average molecular weight is 240 g/mol. The number of nitrogens with one attached hydrogen (secondary N) is 1. The monoisotopic (exact) mass is 240 g/mol. The summed E-state index contributed by atoms with van der Waals surface area (Å²) in [5.74, 6) is 7.38. The second kappa shape index (κ2) is 7.03. The van der Waals surface area contributed by atoms with E-state index in [2.05, 4.69) is 15.4 Å². The zero-order valence-corrected chi connectivity index (χ0v) is 10.6.